The number of pyridine rings is 2. The minimum Gasteiger partial charge on any atom is -0.508 e. The van der Waals surface area contributed by atoms with Gasteiger partial charge in [0.15, 0.2) is 0 Å². The van der Waals surface area contributed by atoms with Gasteiger partial charge in [-0.1, -0.05) is 24.3 Å². The van der Waals surface area contributed by atoms with Gasteiger partial charge in [-0.2, -0.15) is 4.57 Å². The predicted octanol–water partition coefficient (Wildman–Crippen LogP) is 5.76. The summed E-state index contributed by atoms with van der Waals surface area (Å²) >= 11 is 0. The molecule has 2 aliphatic rings. The second-order valence-electron chi connectivity index (χ2n) is 7.86. The summed E-state index contributed by atoms with van der Waals surface area (Å²) in [6.07, 6.45) is 0. The molecule has 0 aliphatic carbocycles. The molecule has 0 amide bonds. The van der Waals surface area contributed by atoms with Crippen molar-refractivity contribution in [1.82, 2.24) is 4.57 Å². The first-order valence-corrected chi connectivity index (χ1v) is 10.0. The average Bonchev–Trinajstić information content (AvgIpc) is 2.77. The molecular weight excluding hydrogens is 372 g/mol. The Labute approximate surface area is 171 Å². The van der Waals surface area contributed by atoms with E-state index in [9.17, 15) is 5.11 Å². The first-order chi connectivity index (χ1) is 14.7. The maximum Gasteiger partial charge on any atom is 0.217 e. The summed E-state index contributed by atoms with van der Waals surface area (Å²) in [7, 11) is 2.11. The smallest absolute Gasteiger partial charge is 0.217 e. The van der Waals surface area contributed by atoms with E-state index in [1.807, 2.05) is 30.3 Å². The van der Waals surface area contributed by atoms with Gasteiger partial charge >= 0.3 is 0 Å². The van der Waals surface area contributed by atoms with Crippen LogP contribution in [0.25, 0.3) is 60.8 Å². The number of phenolic OH excluding ortho intramolecular Hbond substituents is 1. The second kappa shape index (κ2) is 5.30. The topological polar surface area (TPSA) is 42.2 Å². The molecule has 0 saturated heterocycles. The quantitative estimate of drug-likeness (QED) is 0.220. The van der Waals surface area contributed by atoms with E-state index >= 15 is 0 Å². The molecule has 0 unspecified atom stereocenters. The lowest BCUT2D eigenvalue weighted by atomic mass is 9.90. The van der Waals surface area contributed by atoms with Crippen molar-refractivity contribution in [3.8, 4) is 22.6 Å². The molecule has 0 radical (unpaired) electrons. The van der Waals surface area contributed by atoms with Crippen molar-refractivity contribution in [1.29, 1.82) is 0 Å². The third-order valence-electron chi connectivity index (χ3n) is 6.29. The Balaban J connectivity index is 1.89. The van der Waals surface area contributed by atoms with Gasteiger partial charge in [0, 0.05) is 29.4 Å². The first kappa shape index (κ1) is 15.8. The van der Waals surface area contributed by atoms with Gasteiger partial charge in [-0.25, -0.2) is 0 Å². The Morgan fingerprint density at radius 1 is 0.733 bits per heavy atom. The molecule has 0 fully saturated rings. The molecule has 3 heterocycles. The molecule has 2 aliphatic heterocycles. The van der Waals surface area contributed by atoms with Crippen molar-refractivity contribution < 1.29 is 14.1 Å². The molecule has 0 bridgehead atoms. The summed E-state index contributed by atoms with van der Waals surface area (Å²) in [5.74, 6) is 0.248. The number of aromatic hydroxyl groups is 1. The van der Waals surface area contributed by atoms with Gasteiger partial charge in [0.25, 0.3) is 0 Å². The van der Waals surface area contributed by atoms with Crippen molar-refractivity contribution in [3.63, 3.8) is 0 Å². The standard InChI is InChI=1S/C26H16N2O2/c1-27-17-8-3-10-19-23(17)26-24-18(27)9-4-12-21(24)30-22-13-5-11-20(25(22)26)28(19)15-6-2-7-16(29)14-15/h2-14H,1H3/p+1. The van der Waals surface area contributed by atoms with Crippen LogP contribution in [0.1, 0.15) is 0 Å². The van der Waals surface area contributed by atoms with Gasteiger partial charge in [-0.05, 0) is 36.4 Å². The van der Waals surface area contributed by atoms with Crippen LogP contribution < -0.4 is 4.57 Å². The van der Waals surface area contributed by atoms with Crippen LogP contribution in [0.3, 0.4) is 0 Å². The van der Waals surface area contributed by atoms with Crippen LogP contribution in [0, 0.1) is 0 Å². The number of hydrogen-bond acceptors (Lipinski definition) is 2. The minimum atomic E-state index is 0.248. The first-order valence-electron chi connectivity index (χ1n) is 10.0. The zero-order chi connectivity index (χ0) is 20.0. The highest BCUT2D eigenvalue weighted by Crippen LogP contribution is 2.47. The molecule has 0 atom stereocenters. The molecular formula is C26H17N2O2+. The fourth-order valence-corrected chi connectivity index (χ4v) is 5.09. The summed E-state index contributed by atoms with van der Waals surface area (Å²) in [6.45, 7) is 0. The summed E-state index contributed by atoms with van der Waals surface area (Å²) in [6, 6.07) is 26.3. The largest absolute Gasteiger partial charge is 0.508 e. The van der Waals surface area contributed by atoms with Crippen molar-refractivity contribution in [2.75, 3.05) is 0 Å². The zero-order valence-corrected chi connectivity index (χ0v) is 16.3. The fourth-order valence-electron chi connectivity index (χ4n) is 5.09. The monoisotopic (exact) mass is 389 g/mol. The number of rotatable bonds is 1. The molecule has 1 aromatic heterocycles. The van der Waals surface area contributed by atoms with Crippen molar-refractivity contribution >= 4 is 44.0 Å². The molecule has 4 aromatic carbocycles. The normalized spacial score (nSPS) is 12.3. The van der Waals surface area contributed by atoms with E-state index in [4.69, 9.17) is 4.42 Å². The highest BCUT2D eigenvalue weighted by molar-refractivity contribution is 6.23. The minimum absolute atomic E-state index is 0.248. The maximum atomic E-state index is 10.2. The van der Waals surface area contributed by atoms with E-state index in [2.05, 4.69) is 52.6 Å². The lowest BCUT2D eigenvalue weighted by Crippen LogP contribution is -2.31. The van der Waals surface area contributed by atoms with E-state index in [0.717, 1.165) is 44.4 Å². The van der Waals surface area contributed by atoms with Crippen molar-refractivity contribution in [2.24, 2.45) is 7.05 Å². The number of nitrogens with zero attached hydrogens (tertiary/aromatic N) is 2. The number of benzene rings is 4. The molecule has 5 aromatic rings. The van der Waals surface area contributed by atoms with Crippen LogP contribution in [0.2, 0.25) is 0 Å². The van der Waals surface area contributed by atoms with Crippen molar-refractivity contribution in [2.45, 2.75) is 0 Å². The number of phenols is 1. The highest BCUT2D eigenvalue weighted by Gasteiger charge is 2.30. The van der Waals surface area contributed by atoms with E-state index < -0.39 is 0 Å². The van der Waals surface area contributed by atoms with Gasteiger partial charge in [0.1, 0.15) is 24.0 Å². The molecule has 0 saturated carbocycles. The van der Waals surface area contributed by atoms with E-state index in [1.165, 1.54) is 16.5 Å². The zero-order valence-electron chi connectivity index (χ0n) is 16.3. The fraction of sp³-hybridized carbons (Fsp3) is 0.0385. The summed E-state index contributed by atoms with van der Waals surface area (Å²) < 4.78 is 10.8. The summed E-state index contributed by atoms with van der Waals surface area (Å²) in [5.41, 5.74) is 9.50. The summed E-state index contributed by atoms with van der Waals surface area (Å²) in [4.78, 5) is 0. The number of hydrogen-bond donors (Lipinski definition) is 1. The third kappa shape index (κ3) is 1.79. The molecule has 4 nitrogen and oxygen atoms in total. The van der Waals surface area contributed by atoms with E-state index in [0.29, 0.717) is 0 Å². The maximum absolute atomic E-state index is 10.2. The lowest BCUT2D eigenvalue weighted by Gasteiger charge is -2.24. The van der Waals surface area contributed by atoms with Gasteiger partial charge in [-0.3, -0.25) is 0 Å². The Morgan fingerprint density at radius 3 is 2.30 bits per heavy atom. The highest BCUT2D eigenvalue weighted by atomic mass is 16.3. The van der Waals surface area contributed by atoms with Gasteiger partial charge in [0.05, 0.1) is 27.4 Å². The van der Waals surface area contributed by atoms with Gasteiger partial charge < -0.3 is 14.1 Å². The second-order valence-corrected chi connectivity index (χ2v) is 7.86. The van der Waals surface area contributed by atoms with E-state index in [-0.39, 0.29) is 5.75 Å². The Kier molecular flexibility index (Phi) is 2.80. The summed E-state index contributed by atoms with van der Waals surface area (Å²) in [5, 5.41) is 12.5. The molecule has 30 heavy (non-hydrogen) atoms. The van der Waals surface area contributed by atoms with Gasteiger partial charge in [-0.15, -0.1) is 0 Å². The Bertz CT molecular complexity index is 1720. The van der Waals surface area contributed by atoms with Crippen LogP contribution in [-0.2, 0) is 7.05 Å². The molecule has 7 rings (SSSR count). The number of aromatic nitrogens is 2. The molecule has 1 N–H and O–H groups in total. The number of aryl methyl sites for hydroxylation is 1. The average molecular weight is 389 g/mol. The Hall–Kier alpha value is -4.05. The molecule has 0 spiro atoms. The predicted molar refractivity (Wildman–Crippen MR) is 119 cm³/mol. The van der Waals surface area contributed by atoms with Crippen molar-refractivity contribution in [3.05, 3.63) is 78.9 Å². The van der Waals surface area contributed by atoms with Crippen LogP contribution in [-0.4, -0.2) is 9.67 Å². The Morgan fingerprint density at radius 2 is 1.43 bits per heavy atom. The van der Waals surface area contributed by atoms with Gasteiger partial charge in [0.2, 0.25) is 11.0 Å². The molecule has 4 heteroatoms. The van der Waals surface area contributed by atoms with E-state index in [1.54, 1.807) is 12.1 Å². The van der Waals surface area contributed by atoms with Crippen LogP contribution in [0.15, 0.2) is 83.3 Å². The van der Waals surface area contributed by atoms with Crippen LogP contribution in [0.5, 0.6) is 5.75 Å². The third-order valence-corrected chi connectivity index (χ3v) is 6.29. The SMILES string of the molecule is C[n+]1c2cccc3oc4cccc5c4-c(c32)c2c(cccc21)n5-c1cccc(O)c1. The lowest BCUT2D eigenvalue weighted by molar-refractivity contribution is -0.617. The van der Waals surface area contributed by atoms with Crippen LogP contribution >= 0.6 is 0 Å². The van der Waals surface area contributed by atoms with Crippen LogP contribution in [0.4, 0.5) is 0 Å². The molecule has 142 valence electrons.